The topological polar surface area (TPSA) is 72.6 Å². The van der Waals surface area contributed by atoms with Crippen LogP contribution in [0.3, 0.4) is 0 Å². The van der Waals surface area contributed by atoms with Crippen molar-refractivity contribution in [3.05, 3.63) is 35.4 Å². The number of fused-ring (bicyclic) bond motifs is 2. The van der Waals surface area contributed by atoms with Crippen LogP contribution in [0.15, 0.2) is 24.3 Å². The molecule has 1 unspecified atom stereocenters. The molecule has 1 saturated heterocycles. The summed E-state index contributed by atoms with van der Waals surface area (Å²) in [5.41, 5.74) is 8.00. The van der Waals surface area contributed by atoms with Crippen LogP contribution in [0.25, 0.3) is 0 Å². The summed E-state index contributed by atoms with van der Waals surface area (Å²) >= 11 is 0. The number of carbonyl (C=O) groups is 2. The van der Waals surface area contributed by atoms with Crippen LogP contribution in [-0.4, -0.2) is 36.6 Å². The summed E-state index contributed by atoms with van der Waals surface area (Å²) in [4.78, 5) is 25.8. The first kappa shape index (κ1) is 15.2. The number of benzene rings is 1. The molecule has 2 N–H and O–H groups in total. The van der Waals surface area contributed by atoms with Gasteiger partial charge in [0.15, 0.2) is 0 Å². The normalized spacial score (nSPS) is 39.9. The average Bonchev–Trinajstić information content (AvgIpc) is 3.37. The number of aryl methyl sites for hydroxylation is 1. The maximum absolute atomic E-state index is 12.9. The quantitative estimate of drug-likeness (QED) is 0.913. The maximum Gasteiger partial charge on any atom is 0.404 e. The number of amides is 2. The molecule has 2 amide bonds. The minimum absolute atomic E-state index is 0.0621. The van der Waals surface area contributed by atoms with E-state index in [2.05, 4.69) is 36.1 Å². The number of primary amides is 1. The van der Waals surface area contributed by atoms with Gasteiger partial charge in [-0.15, -0.1) is 0 Å². The zero-order chi connectivity index (χ0) is 17.4. The molecule has 25 heavy (non-hydrogen) atoms. The number of nitrogens with zero attached hydrogens (tertiary/aromatic N) is 1. The van der Waals surface area contributed by atoms with Gasteiger partial charge in [0.05, 0.1) is 6.61 Å². The van der Waals surface area contributed by atoms with Crippen molar-refractivity contribution in [1.29, 1.82) is 0 Å². The third-order valence-corrected chi connectivity index (χ3v) is 7.27. The SMILES string of the molecule is Cc1ccc([C@]23C[C@H]2CN(C(=O)[C@@H]2C[C@]4(COC(N)=O)CC24)C3)cc1. The molecule has 132 valence electrons. The van der Waals surface area contributed by atoms with Crippen molar-refractivity contribution >= 4 is 12.0 Å². The van der Waals surface area contributed by atoms with E-state index in [1.54, 1.807) is 0 Å². The van der Waals surface area contributed by atoms with Crippen molar-refractivity contribution in [3.8, 4) is 0 Å². The van der Waals surface area contributed by atoms with Gasteiger partial charge in [0, 0.05) is 29.8 Å². The highest BCUT2D eigenvalue weighted by Gasteiger charge is 2.71. The van der Waals surface area contributed by atoms with Gasteiger partial charge in [-0.3, -0.25) is 4.79 Å². The summed E-state index contributed by atoms with van der Waals surface area (Å²) in [5, 5.41) is 0. The predicted molar refractivity (Wildman–Crippen MR) is 91.7 cm³/mol. The van der Waals surface area contributed by atoms with Gasteiger partial charge >= 0.3 is 6.09 Å². The second-order valence-corrected chi connectivity index (χ2v) is 8.73. The molecule has 1 aromatic rings. The Kier molecular flexibility index (Phi) is 2.91. The summed E-state index contributed by atoms with van der Waals surface area (Å²) in [5.74, 6) is 1.47. The van der Waals surface area contributed by atoms with Crippen molar-refractivity contribution in [2.24, 2.45) is 28.9 Å². The summed E-state index contributed by atoms with van der Waals surface area (Å²) in [6.07, 6.45) is 2.35. The van der Waals surface area contributed by atoms with Gasteiger partial charge < -0.3 is 15.4 Å². The monoisotopic (exact) mass is 340 g/mol. The second-order valence-electron chi connectivity index (χ2n) is 8.73. The summed E-state index contributed by atoms with van der Waals surface area (Å²) in [7, 11) is 0. The largest absolute Gasteiger partial charge is 0.449 e. The lowest BCUT2D eigenvalue weighted by Crippen LogP contribution is -2.44. The van der Waals surface area contributed by atoms with E-state index >= 15 is 0 Å². The first-order chi connectivity index (χ1) is 11.9. The molecule has 0 bridgehead atoms. The fourth-order valence-corrected chi connectivity index (χ4v) is 5.52. The highest BCUT2D eigenvalue weighted by Crippen LogP contribution is 2.71. The van der Waals surface area contributed by atoms with Gasteiger partial charge in [-0.05, 0) is 43.6 Å². The van der Waals surface area contributed by atoms with Crippen LogP contribution < -0.4 is 5.73 Å². The van der Waals surface area contributed by atoms with Crippen LogP contribution in [-0.2, 0) is 14.9 Å². The molecule has 0 spiro atoms. The zero-order valence-electron chi connectivity index (χ0n) is 14.5. The molecule has 3 saturated carbocycles. The number of ether oxygens (including phenoxy) is 1. The van der Waals surface area contributed by atoms with Crippen LogP contribution in [0.4, 0.5) is 4.79 Å². The van der Waals surface area contributed by atoms with Crippen molar-refractivity contribution in [2.75, 3.05) is 19.7 Å². The van der Waals surface area contributed by atoms with Gasteiger partial charge in [0.1, 0.15) is 0 Å². The lowest BCUT2D eigenvalue weighted by atomic mass is 9.74. The van der Waals surface area contributed by atoms with E-state index in [9.17, 15) is 9.59 Å². The van der Waals surface area contributed by atoms with E-state index in [1.165, 1.54) is 17.5 Å². The fourth-order valence-electron chi connectivity index (χ4n) is 5.52. The number of hydrogen-bond acceptors (Lipinski definition) is 3. The summed E-state index contributed by atoms with van der Waals surface area (Å²) < 4.78 is 4.97. The first-order valence-electron chi connectivity index (χ1n) is 9.22. The number of piperidine rings is 1. The Morgan fingerprint density at radius 2 is 2.00 bits per heavy atom. The third-order valence-electron chi connectivity index (χ3n) is 7.27. The van der Waals surface area contributed by atoms with Gasteiger partial charge in [-0.25, -0.2) is 4.79 Å². The number of likely N-dealkylation sites (tertiary alicyclic amines) is 1. The molecular weight excluding hydrogens is 316 g/mol. The molecular formula is C20H24N2O3. The molecule has 5 nitrogen and oxygen atoms in total. The fraction of sp³-hybridized carbons (Fsp3) is 0.600. The minimum Gasteiger partial charge on any atom is -0.449 e. The van der Waals surface area contributed by atoms with E-state index < -0.39 is 6.09 Å². The smallest absolute Gasteiger partial charge is 0.404 e. The molecule has 5 rings (SSSR count). The second kappa shape index (κ2) is 4.77. The Bertz CT molecular complexity index is 761. The maximum atomic E-state index is 12.9. The van der Waals surface area contributed by atoms with E-state index in [0.717, 1.165) is 25.9 Å². The van der Waals surface area contributed by atoms with Crippen molar-refractivity contribution in [1.82, 2.24) is 4.90 Å². The van der Waals surface area contributed by atoms with E-state index in [1.807, 2.05) is 0 Å². The average molecular weight is 340 g/mol. The molecule has 4 aliphatic rings. The molecule has 1 aromatic carbocycles. The Labute approximate surface area is 147 Å². The number of hydrogen-bond donors (Lipinski definition) is 1. The molecule has 0 radical (unpaired) electrons. The number of rotatable bonds is 4. The van der Waals surface area contributed by atoms with Crippen molar-refractivity contribution in [3.63, 3.8) is 0 Å². The summed E-state index contributed by atoms with van der Waals surface area (Å²) in [6, 6.07) is 8.82. The molecule has 1 heterocycles. The van der Waals surface area contributed by atoms with Crippen molar-refractivity contribution < 1.29 is 14.3 Å². The zero-order valence-corrected chi connectivity index (χ0v) is 14.5. The van der Waals surface area contributed by atoms with Gasteiger partial charge in [-0.1, -0.05) is 29.8 Å². The summed E-state index contributed by atoms with van der Waals surface area (Å²) in [6.45, 7) is 4.26. The first-order valence-corrected chi connectivity index (χ1v) is 9.22. The Balaban J connectivity index is 1.22. The molecule has 5 heteroatoms. The van der Waals surface area contributed by atoms with Gasteiger partial charge in [-0.2, -0.15) is 0 Å². The molecule has 5 atom stereocenters. The number of nitrogens with two attached hydrogens (primary N) is 1. The van der Waals surface area contributed by atoms with Crippen LogP contribution in [0, 0.1) is 30.1 Å². The molecule has 0 aromatic heterocycles. The Hall–Kier alpha value is -2.04. The van der Waals surface area contributed by atoms with E-state index in [4.69, 9.17) is 10.5 Å². The standard InChI is InChI=1S/C20H24N2O3/c1-12-2-4-13(5-3-12)20-6-14(20)9-22(10-20)17(23)15-7-19(8-16(15)19)11-25-18(21)24/h2-5,14-16H,6-11H2,1H3,(H2,21,24)/t14-,15+,16?,19+,20+/m0/s1. The molecule has 3 aliphatic carbocycles. The van der Waals surface area contributed by atoms with Crippen LogP contribution >= 0.6 is 0 Å². The molecule has 1 aliphatic heterocycles. The highest BCUT2D eigenvalue weighted by molar-refractivity contribution is 5.82. The van der Waals surface area contributed by atoms with E-state index in [0.29, 0.717) is 24.3 Å². The van der Waals surface area contributed by atoms with Crippen LogP contribution in [0.2, 0.25) is 0 Å². The van der Waals surface area contributed by atoms with Crippen LogP contribution in [0.5, 0.6) is 0 Å². The van der Waals surface area contributed by atoms with E-state index in [-0.39, 0.29) is 16.7 Å². The minimum atomic E-state index is -0.713. The number of carbonyl (C=O) groups excluding carboxylic acids is 2. The predicted octanol–water partition coefficient (Wildman–Crippen LogP) is 2.22. The van der Waals surface area contributed by atoms with Crippen LogP contribution in [0.1, 0.15) is 30.4 Å². The highest BCUT2D eigenvalue weighted by atomic mass is 16.5. The third kappa shape index (κ3) is 2.14. The Morgan fingerprint density at radius 3 is 2.68 bits per heavy atom. The van der Waals surface area contributed by atoms with Gasteiger partial charge in [0.25, 0.3) is 0 Å². The van der Waals surface area contributed by atoms with Gasteiger partial charge in [0.2, 0.25) is 5.91 Å². The Morgan fingerprint density at radius 1 is 1.24 bits per heavy atom. The lowest BCUT2D eigenvalue weighted by molar-refractivity contribution is -0.140. The van der Waals surface area contributed by atoms with Crippen molar-refractivity contribution in [2.45, 2.75) is 31.6 Å². The lowest BCUT2D eigenvalue weighted by Gasteiger charge is -2.36. The molecule has 4 fully saturated rings.